The van der Waals surface area contributed by atoms with Crippen LogP contribution in [0.25, 0.3) is 0 Å². The Morgan fingerprint density at radius 3 is 2.58 bits per heavy atom. The third kappa shape index (κ3) is 2.70. The predicted octanol–water partition coefficient (Wildman–Crippen LogP) is 1.99. The fraction of sp³-hybridized carbons (Fsp3) is 0.500. The summed E-state index contributed by atoms with van der Waals surface area (Å²) in [6.45, 7) is 2.91. The van der Waals surface area contributed by atoms with Gasteiger partial charge in [0.1, 0.15) is 4.90 Å². The van der Waals surface area contributed by atoms with Crippen molar-refractivity contribution in [2.24, 2.45) is 0 Å². The lowest BCUT2D eigenvalue weighted by atomic mass is 10.2. The molecule has 0 N–H and O–H groups in total. The van der Waals surface area contributed by atoms with Crippen molar-refractivity contribution in [3.8, 4) is 0 Å². The van der Waals surface area contributed by atoms with Crippen LogP contribution in [0.2, 0.25) is 0 Å². The van der Waals surface area contributed by atoms with Gasteiger partial charge in [-0.05, 0) is 31.9 Å². The molecule has 0 aromatic heterocycles. The van der Waals surface area contributed by atoms with E-state index in [9.17, 15) is 18.5 Å². The van der Waals surface area contributed by atoms with Crippen molar-refractivity contribution in [3.05, 3.63) is 28.3 Å². The number of rotatable bonds is 3. The molecule has 1 fully saturated rings. The van der Waals surface area contributed by atoms with Crippen LogP contribution in [0.5, 0.6) is 0 Å². The first-order valence-electron chi connectivity index (χ1n) is 6.06. The normalized spacial score (nSPS) is 19.7. The van der Waals surface area contributed by atoms with Gasteiger partial charge in [-0.3, -0.25) is 10.1 Å². The Bertz CT molecular complexity index is 612. The summed E-state index contributed by atoms with van der Waals surface area (Å²) in [7, 11) is -3.62. The Labute approximate surface area is 112 Å². The molecule has 0 spiro atoms. The first kappa shape index (κ1) is 13.8. The Hall–Kier alpha value is -1.63. The highest BCUT2D eigenvalue weighted by Gasteiger charge is 2.26. The van der Waals surface area contributed by atoms with Crippen LogP contribution in [0.3, 0.4) is 0 Å². The maximum Gasteiger partial charge on any atom is 0.288 e. The minimum absolute atomic E-state index is 0.214. The molecule has 1 heterocycles. The summed E-state index contributed by atoms with van der Waals surface area (Å²) in [5, 5.41) is 10.9. The molecule has 1 aliphatic heterocycles. The Morgan fingerprint density at radius 1 is 1.42 bits per heavy atom. The molecular formula is C12H16N2O4S. The number of nitro benzene ring substituents is 1. The first-order chi connectivity index (χ1) is 8.80. The molecule has 0 amide bonds. The summed E-state index contributed by atoms with van der Waals surface area (Å²) in [6.07, 6.45) is 3.09. The van der Waals surface area contributed by atoms with Crippen molar-refractivity contribution in [3.63, 3.8) is 0 Å². The number of hydrogen-bond donors (Lipinski definition) is 0. The molecule has 1 aromatic carbocycles. The second kappa shape index (κ2) is 4.80. The van der Waals surface area contributed by atoms with E-state index in [1.54, 1.807) is 6.07 Å². The lowest BCUT2D eigenvalue weighted by molar-refractivity contribution is -0.387. The fourth-order valence-corrected chi connectivity index (χ4v) is 3.30. The van der Waals surface area contributed by atoms with Gasteiger partial charge in [-0.1, -0.05) is 0 Å². The summed E-state index contributed by atoms with van der Waals surface area (Å²) < 4.78 is 23.4. The number of anilines is 1. The van der Waals surface area contributed by atoms with Crippen LogP contribution in [0, 0.1) is 10.1 Å². The summed E-state index contributed by atoms with van der Waals surface area (Å²) in [5.74, 6) is 0. The molecule has 104 valence electrons. The van der Waals surface area contributed by atoms with Crippen molar-refractivity contribution in [2.75, 3.05) is 17.7 Å². The monoisotopic (exact) mass is 284 g/mol. The molecular weight excluding hydrogens is 268 g/mol. The van der Waals surface area contributed by atoms with Gasteiger partial charge in [0.2, 0.25) is 0 Å². The molecule has 2 rings (SSSR count). The van der Waals surface area contributed by atoms with Gasteiger partial charge in [-0.15, -0.1) is 0 Å². The first-order valence-corrected chi connectivity index (χ1v) is 7.95. The molecule has 1 atom stereocenters. The van der Waals surface area contributed by atoms with Gasteiger partial charge in [0, 0.05) is 30.6 Å². The van der Waals surface area contributed by atoms with E-state index >= 15 is 0 Å². The molecule has 1 aromatic rings. The average molecular weight is 284 g/mol. The van der Waals surface area contributed by atoms with E-state index in [0.717, 1.165) is 31.3 Å². The average Bonchev–Trinajstić information content (AvgIpc) is 2.73. The van der Waals surface area contributed by atoms with Crippen LogP contribution in [-0.2, 0) is 9.84 Å². The maximum absolute atomic E-state index is 11.7. The molecule has 6 nitrogen and oxygen atoms in total. The largest absolute Gasteiger partial charge is 0.369 e. The van der Waals surface area contributed by atoms with Gasteiger partial charge >= 0.3 is 0 Å². The quantitative estimate of drug-likeness (QED) is 0.626. The molecule has 19 heavy (non-hydrogen) atoms. The van der Waals surface area contributed by atoms with Gasteiger partial charge in [0.05, 0.1) is 4.92 Å². The molecule has 0 saturated carbocycles. The van der Waals surface area contributed by atoms with E-state index in [1.165, 1.54) is 12.1 Å². The van der Waals surface area contributed by atoms with Gasteiger partial charge in [0.15, 0.2) is 9.84 Å². The number of nitro groups is 1. The van der Waals surface area contributed by atoms with Crippen LogP contribution < -0.4 is 4.90 Å². The number of hydrogen-bond acceptors (Lipinski definition) is 5. The smallest absolute Gasteiger partial charge is 0.288 e. The van der Waals surface area contributed by atoms with E-state index in [-0.39, 0.29) is 10.6 Å². The van der Waals surface area contributed by atoms with Crippen LogP contribution in [0.1, 0.15) is 19.8 Å². The standard InChI is InChI=1S/C12H16N2O4S/c1-9-4-3-7-13(9)10-5-6-11(14(15)16)12(8-10)19(2,17)18/h5-6,8-9H,3-4,7H2,1-2H3. The van der Waals surface area contributed by atoms with E-state index in [1.807, 2.05) is 0 Å². The lowest BCUT2D eigenvalue weighted by Crippen LogP contribution is -2.26. The van der Waals surface area contributed by atoms with Crippen molar-refractivity contribution in [1.82, 2.24) is 0 Å². The fourth-order valence-electron chi connectivity index (χ4n) is 2.45. The van der Waals surface area contributed by atoms with Gasteiger partial charge in [-0.25, -0.2) is 8.42 Å². The Kier molecular flexibility index (Phi) is 3.49. The zero-order valence-electron chi connectivity index (χ0n) is 10.9. The van der Waals surface area contributed by atoms with Crippen molar-refractivity contribution in [2.45, 2.75) is 30.7 Å². The maximum atomic E-state index is 11.7. The molecule has 0 aliphatic carbocycles. The van der Waals surface area contributed by atoms with Gasteiger partial charge < -0.3 is 4.90 Å². The van der Waals surface area contributed by atoms with E-state index in [2.05, 4.69) is 11.8 Å². The summed E-state index contributed by atoms with van der Waals surface area (Å²) in [5.41, 5.74) is 0.370. The number of nitrogens with zero attached hydrogens (tertiary/aromatic N) is 2. The second-order valence-electron chi connectivity index (χ2n) is 4.87. The highest BCUT2D eigenvalue weighted by molar-refractivity contribution is 7.90. The molecule has 0 bridgehead atoms. The molecule has 1 saturated heterocycles. The molecule has 1 unspecified atom stereocenters. The summed E-state index contributed by atoms with van der Waals surface area (Å²) in [4.78, 5) is 12.1. The van der Waals surface area contributed by atoms with E-state index in [0.29, 0.717) is 6.04 Å². The summed E-state index contributed by atoms with van der Waals surface area (Å²) in [6, 6.07) is 4.63. The highest BCUT2D eigenvalue weighted by atomic mass is 32.2. The third-order valence-corrected chi connectivity index (χ3v) is 4.55. The van der Waals surface area contributed by atoms with Gasteiger partial charge in [-0.2, -0.15) is 0 Å². The van der Waals surface area contributed by atoms with E-state index in [4.69, 9.17) is 0 Å². The molecule has 7 heteroatoms. The van der Waals surface area contributed by atoms with Crippen LogP contribution >= 0.6 is 0 Å². The van der Waals surface area contributed by atoms with Crippen molar-refractivity contribution < 1.29 is 13.3 Å². The minimum atomic E-state index is -3.62. The van der Waals surface area contributed by atoms with Crippen LogP contribution in [-0.4, -0.2) is 32.2 Å². The van der Waals surface area contributed by atoms with Crippen LogP contribution in [0.15, 0.2) is 23.1 Å². The Balaban J connectivity index is 2.53. The van der Waals surface area contributed by atoms with Crippen LogP contribution in [0.4, 0.5) is 11.4 Å². The number of benzene rings is 1. The van der Waals surface area contributed by atoms with Gasteiger partial charge in [0.25, 0.3) is 5.69 Å². The van der Waals surface area contributed by atoms with Crippen molar-refractivity contribution in [1.29, 1.82) is 0 Å². The zero-order valence-corrected chi connectivity index (χ0v) is 11.7. The SMILES string of the molecule is CC1CCCN1c1ccc([N+](=O)[O-])c(S(C)(=O)=O)c1. The zero-order chi connectivity index (χ0) is 14.2. The van der Waals surface area contributed by atoms with E-state index < -0.39 is 14.8 Å². The number of sulfone groups is 1. The highest BCUT2D eigenvalue weighted by Crippen LogP contribution is 2.32. The molecule has 0 radical (unpaired) electrons. The predicted molar refractivity (Wildman–Crippen MR) is 72.2 cm³/mol. The second-order valence-corrected chi connectivity index (χ2v) is 6.85. The minimum Gasteiger partial charge on any atom is -0.369 e. The third-order valence-electron chi connectivity index (χ3n) is 3.42. The Morgan fingerprint density at radius 2 is 2.11 bits per heavy atom. The summed E-state index contributed by atoms with van der Waals surface area (Å²) >= 11 is 0. The molecule has 1 aliphatic rings. The topological polar surface area (TPSA) is 80.5 Å². The lowest BCUT2D eigenvalue weighted by Gasteiger charge is -2.24. The van der Waals surface area contributed by atoms with Crippen molar-refractivity contribution >= 4 is 21.2 Å².